The molecule has 0 saturated heterocycles. The van der Waals surface area contributed by atoms with Crippen LogP contribution in [-0.4, -0.2) is 41.9 Å². The Hall–Kier alpha value is -1.79. The van der Waals surface area contributed by atoms with Gasteiger partial charge in [-0.25, -0.2) is 9.97 Å². The summed E-state index contributed by atoms with van der Waals surface area (Å²) in [5, 5.41) is 0.856. The van der Waals surface area contributed by atoms with Gasteiger partial charge in [-0.2, -0.15) is 0 Å². The first-order chi connectivity index (χ1) is 11.6. The normalized spacial score (nSPS) is 14.3. The molecule has 1 aliphatic heterocycles. The molecule has 128 valence electrons. The van der Waals surface area contributed by atoms with E-state index in [0.717, 1.165) is 42.7 Å². The molecule has 0 unspecified atom stereocenters. The fraction of sp³-hybridized carbons (Fsp3) is 0.444. The van der Waals surface area contributed by atoms with Crippen LogP contribution in [0.5, 0.6) is 11.5 Å². The molecule has 2 heterocycles. The Morgan fingerprint density at radius 3 is 2.79 bits per heavy atom. The highest BCUT2D eigenvalue weighted by Crippen LogP contribution is 2.30. The van der Waals surface area contributed by atoms with E-state index in [-0.39, 0.29) is 0 Å². The predicted molar refractivity (Wildman–Crippen MR) is 95.9 cm³/mol. The third kappa shape index (κ3) is 3.49. The topological polar surface area (TPSA) is 47.5 Å². The van der Waals surface area contributed by atoms with E-state index in [4.69, 9.17) is 9.47 Å². The van der Waals surface area contributed by atoms with Gasteiger partial charge in [0.05, 0.1) is 19.9 Å². The highest BCUT2D eigenvalue weighted by Gasteiger charge is 2.20. The lowest BCUT2D eigenvalue weighted by Gasteiger charge is -2.29. The van der Waals surface area contributed by atoms with Crippen molar-refractivity contribution in [3.8, 4) is 11.5 Å². The van der Waals surface area contributed by atoms with Gasteiger partial charge in [0.25, 0.3) is 0 Å². The molecule has 1 aromatic heterocycles. The van der Waals surface area contributed by atoms with E-state index < -0.39 is 0 Å². The number of benzene rings is 1. The van der Waals surface area contributed by atoms with Gasteiger partial charge in [-0.1, -0.05) is 11.8 Å². The van der Waals surface area contributed by atoms with Crippen LogP contribution >= 0.6 is 11.8 Å². The van der Waals surface area contributed by atoms with E-state index in [2.05, 4.69) is 27.9 Å². The van der Waals surface area contributed by atoms with Crippen LogP contribution < -0.4 is 9.47 Å². The number of ether oxygens (including phenoxy) is 2. The van der Waals surface area contributed by atoms with Crippen molar-refractivity contribution in [3.63, 3.8) is 0 Å². The van der Waals surface area contributed by atoms with Crippen molar-refractivity contribution in [2.75, 3.05) is 27.0 Å². The summed E-state index contributed by atoms with van der Waals surface area (Å²) in [4.78, 5) is 11.5. The molecular weight excluding hydrogens is 322 g/mol. The molecule has 0 radical (unpaired) electrons. The van der Waals surface area contributed by atoms with Gasteiger partial charge in [-0.15, -0.1) is 0 Å². The fourth-order valence-electron chi connectivity index (χ4n) is 3.07. The minimum atomic E-state index is 0.829. The van der Waals surface area contributed by atoms with Crippen LogP contribution in [0.25, 0.3) is 0 Å². The van der Waals surface area contributed by atoms with E-state index in [1.807, 2.05) is 18.5 Å². The van der Waals surface area contributed by atoms with Gasteiger partial charge in [-0.05, 0) is 24.8 Å². The van der Waals surface area contributed by atoms with E-state index in [0.29, 0.717) is 0 Å². The predicted octanol–water partition coefficient (Wildman–Crippen LogP) is 3.08. The Balaban J connectivity index is 1.80. The van der Waals surface area contributed by atoms with Gasteiger partial charge in [0.15, 0.2) is 5.16 Å². The molecular formula is C18H23N3O2S. The van der Waals surface area contributed by atoms with Crippen molar-refractivity contribution in [1.29, 1.82) is 0 Å². The summed E-state index contributed by atoms with van der Waals surface area (Å²) in [6.07, 6.45) is 4.94. The van der Waals surface area contributed by atoms with Crippen molar-refractivity contribution in [2.45, 2.75) is 31.6 Å². The summed E-state index contributed by atoms with van der Waals surface area (Å²) < 4.78 is 10.9. The molecule has 3 rings (SSSR count). The summed E-state index contributed by atoms with van der Waals surface area (Å²) >= 11 is 1.59. The molecule has 0 fully saturated rings. The van der Waals surface area contributed by atoms with Crippen LogP contribution in [0.1, 0.15) is 22.4 Å². The van der Waals surface area contributed by atoms with Gasteiger partial charge >= 0.3 is 0 Å². The lowest BCUT2D eigenvalue weighted by atomic mass is 10.0. The molecule has 0 atom stereocenters. The van der Waals surface area contributed by atoms with Crippen molar-refractivity contribution in [3.05, 3.63) is 40.7 Å². The maximum atomic E-state index is 5.58. The number of hydrogen-bond donors (Lipinski definition) is 0. The molecule has 0 aliphatic carbocycles. The number of hydrogen-bond acceptors (Lipinski definition) is 6. The van der Waals surface area contributed by atoms with Crippen LogP contribution in [0.15, 0.2) is 23.5 Å². The first-order valence-electron chi connectivity index (χ1n) is 7.97. The van der Waals surface area contributed by atoms with Gasteiger partial charge < -0.3 is 9.47 Å². The van der Waals surface area contributed by atoms with Crippen LogP contribution in [0.3, 0.4) is 0 Å². The molecule has 0 amide bonds. The van der Waals surface area contributed by atoms with Crippen LogP contribution in [0, 0.1) is 6.92 Å². The SMILES string of the molecule is COc1cc(C)c(CN2CCc3nc(SC)ncc3C2)c(OC)c1. The smallest absolute Gasteiger partial charge is 0.187 e. The lowest BCUT2D eigenvalue weighted by Crippen LogP contribution is -2.31. The monoisotopic (exact) mass is 345 g/mol. The number of fused-ring (bicyclic) bond motifs is 1. The van der Waals surface area contributed by atoms with E-state index in [9.17, 15) is 0 Å². The van der Waals surface area contributed by atoms with Crippen molar-refractivity contribution < 1.29 is 9.47 Å². The van der Waals surface area contributed by atoms with Gasteiger partial charge in [0, 0.05) is 49.4 Å². The van der Waals surface area contributed by atoms with Crippen LogP contribution in [-0.2, 0) is 19.5 Å². The number of aromatic nitrogens is 2. The number of aryl methyl sites for hydroxylation is 1. The molecule has 0 spiro atoms. The van der Waals surface area contributed by atoms with Gasteiger partial charge in [0.2, 0.25) is 0 Å². The molecule has 2 aromatic rings. The van der Waals surface area contributed by atoms with Gasteiger partial charge in [-0.3, -0.25) is 4.90 Å². The van der Waals surface area contributed by atoms with Crippen LogP contribution in [0.2, 0.25) is 0 Å². The van der Waals surface area contributed by atoms with E-state index in [1.54, 1.807) is 26.0 Å². The number of methoxy groups -OCH3 is 2. The average Bonchev–Trinajstić information content (AvgIpc) is 2.62. The van der Waals surface area contributed by atoms with E-state index in [1.165, 1.54) is 22.4 Å². The number of nitrogens with zero attached hydrogens (tertiary/aromatic N) is 3. The average molecular weight is 345 g/mol. The summed E-state index contributed by atoms with van der Waals surface area (Å²) in [5.41, 5.74) is 4.81. The molecule has 0 bridgehead atoms. The van der Waals surface area contributed by atoms with Crippen molar-refractivity contribution in [2.24, 2.45) is 0 Å². The second-order valence-corrected chi connectivity index (χ2v) is 6.69. The minimum Gasteiger partial charge on any atom is -0.497 e. The second kappa shape index (κ2) is 7.40. The first kappa shape index (κ1) is 17.0. The zero-order valence-electron chi connectivity index (χ0n) is 14.6. The third-order valence-electron chi connectivity index (χ3n) is 4.42. The zero-order chi connectivity index (χ0) is 17.1. The minimum absolute atomic E-state index is 0.829. The summed E-state index contributed by atoms with van der Waals surface area (Å²) in [6.45, 7) is 4.82. The Bertz CT molecular complexity index is 736. The Morgan fingerprint density at radius 1 is 1.25 bits per heavy atom. The molecule has 5 nitrogen and oxygen atoms in total. The first-order valence-corrected chi connectivity index (χ1v) is 9.19. The molecule has 0 N–H and O–H groups in total. The Morgan fingerprint density at radius 2 is 2.08 bits per heavy atom. The number of rotatable bonds is 5. The number of thioether (sulfide) groups is 1. The highest BCUT2D eigenvalue weighted by atomic mass is 32.2. The fourth-order valence-corrected chi connectivity index (χ4v) is 3.43. The third-order valence-corrected chi connectivity index (χ3v) is 4.98. The molecule has 0 saturated carbocycles. The van der Waals surface area contributed by atoms with E-state index >= 15 is 0 Å². The Labute approximate surface area is 147 Å². The second-order valence-electron chi connectivity index (χ2n) is 5.91. The molecule has 1 aliphatic rings. The summed E-state index contributed by atoms with van der Waals surface area (Å²) in [7, 11) is 3.39. The summed E-state index contributed by atoms with van der Waals surface area (Å²) in [6, 6.07) is 4.01. The van der Waals surface area contributed by atoms with Gasteiger partial charge in [0.1, 0.15) is 11.5 Å². The maximum Gasteiger partial charge on any atom is 0.187 e. The van der Waals surface area contributed by atoms with Crippen LogP contribution in [0.4, 0.5) is 0 Å². The standard InChI is InChI=1S/C18H23N3O2S/c1-12-7-14(22-2)8-17(23-3)15(12)11-21-6-5-16-13(10-21)9-19-18(20-16)24-4/h7-9H,5-6,10-11H2,1-4H3. The molecule has 1 aromatic carbocycles. The Kier molecular flexibility index (Phi) is 5.26. The van der Waals surface area contributed by atoms with Crippen molar-refractivity contribution >= 4 is 11.8 Å². The maximum absolute atomic E-state index is 5.58. The molecule has 24 heavy (non-hydrogen) atoms. The van der Waals surface area contributed by atoms with Crippen molar-refractivity contribution in [1.82, 2.24) is 14.9 Å². The lowest BCUT2D eigenvalue weighted by molar-refractivity contribution is 0.237. The molecule has 6 heteroatoms. The quantitative estimate of drug-likeness (QED) is 0.613. The largest absolute Gasteiger partial charge is 0.497 e. The summed E-state index contributed by atoms with van der Waals surface area (Å²) in [5.74, 6) is 1.71. The zero-order valence-corrected chi connectivity index (χ0v) is 15.4. The highest BCUT2D eigenvalue weighted by molar-refractivity contribution is 7.98.